The van der Waals surface area contributed by atoms with Gasteiger partial charge in [-0.25, -0.2) is 0 Å². The van der Waals surface area contributed by atoms with Crippen LogP contribution in [-0.4, -0.2) is 0 Å². The largest absolute Gasteiger partial charge is 0.115 e. The molecule has 0 heterocycles. The van der Waals surface area contributed by atoms with Crippen molar-refractivity contribution in [3.05, 3.63) is 11.6 Å². The van der Waals surface area contributed by atoms with Crippen LogP contribution in [0, 0.1) is 18.3 Å². The first-order chi connectivity index (χ1) is 4.33. The molecule has 1 aliphatic carbocycles. The lowest BCUT2D eigenvalue weighted by molar-refractivity contribution is 0.520. The lowest BCUT2D eigenvalue weighted by Crippen LogP contribution is -1.99. The van der Waals surface area contributed by atoms with Crippen LogP contribution >= 0.6 is 0 Å². The van der Waals surface area contributed by atoms with Gasteiger partial charge in [0.25, 0.3) is 0 Å². The minimum absolute atomic E-state index is 0.849. The van der Waals surface area contributed by atoms with Crippen molar-refractivity contribution in [2.75, 3.05) is 0 Å². The molecule has 0 saturated carbocycles. The summed E-state index contributed by atoms with van der Waals surface area (Å²) in [6, 6.07) is 0. The predicted molar refractivity (Wildman–Crippen MR) is 39.9 cm³/mol. The number of rotatable bonds is 0. The van der Waals surface area contributed by atoms with Crippen LogP contribution in [0.3, 0.4) is 0 Å². The number of hydrogen-bond acceptors (Lipinski definition) is 0. The van der Waals surface area contributed by atoms with Crippen molar-refractivity contribution in [3.63, 3.8) is 0 Å². The highest BCUT2D eigenvalue weighted by molar-refractivity contribution is 5.26. The van der Waals surface area contributed by atoms with Gasteiger partial charge in [-0.15, -0.1) is 6.42 Å². The first-order valence-electron chi connectivity index (χ1n) is 3.48. The molecule has 1 aliphatic rings. The van der Waals surface area contributed by atoms with Gasteiger partial charge in [0.15, 0.2) is 0 Å². The first-order valence-corrected chi connectivity index (χ1v) is 3.48. The summed E-state index contributed by atoms with van der Waals surface area (Å²) in [5.41, 5.74) is 1.20. The van der Waals surface area contributed by atoms with Gasteiger partial charge in [-0.2, -0.15) is 0 Å². The van der Waals surface area contributed by atoms with Gasteiger partial charge in [0.2, 0.25) is 0 Å². The molecule has 0 aromatic heterocycles. The Balaban J connectivity index is 2.53. The summed E-state index contributed by atoms with van der Waals surface area (Å²) >= 11 is 0. The number of allylic oxidation sites excluding steroid dienone is 2. The monoisotopic (exact) mass is 120 g/mol. The normalized spacial score (nSPS) is 26.7. The van der Waals surface area contributed by atoms with E-state index in [1.54, 1.807) is 0 Å². The maximum atomic E-state index is 5.23. The van der Waals surface area contributed by atoms with E-state index in [4.69, 9.17) is 6.42 Å². The van der Waals surface area contributed by atoms with E-state index in [1.165, 1.54) is 18.4 Å². The molecule has 1 unspecified atom stereocenters. The molecule has 0 N–H and O–H groups in total. The molecule has 0 amide bonds. The summed E-state index contributed by atoms with van der Waals surface area (Å²) in [5.74, 6) is 3.53. The van der Waals surface area contributed by atoms with Crippen molar-refractivity contribution in [1.29, 1.82) is 0 Å². The fourth-order valence-electron chi connectivity index (χ4n) is 1.10. The molecule has 0 heteroatoms. The molecule has 1 rings (SSSR count). The van der Waals surface area contributed by atoms with E-state index in [1.807, 2.05) is 0 Å². The van der Waals surface area contributed by atoms with E-state index in [9.17, 15) is 0 Å². The molecule has 0 aliphatic heterocycles. The zero-order valence-corrected chi connectivity index (χ0v) is 5.85. The van der Waals surface area contributed by atoms with Crippen LogP contribution in [-0.2, 0) is 0 Å². The molecule has 9 heavy (non-hydrogen) atoms. The molecular formula is C9H12. The Kier molecular flexibility index (Phi) is 1.95. The molecular weight excluding hydrogens is 108 g/mol. The highest BCUT2D eigenvalue weighted by atomic mass is 14.1. The third-order valence-corrected chi connectivity index (χ3v) is 1.86. The number of hydrogen-bond donors (Lipinski definition) is 0. The van der Waals surface area contributed by atoms with E-state index in [-0.39, 0.29) is 0 Å². The van der Waals surface area contributed by atoms with Crippen molar-refractivity contribution in [2.45, 2.75) is 26.2 Å². The summed E-state index contributed by atoms with van der Waals surface area (Å²) in [7, 11) is 0. The van der Waals surface area contributed by atoms with Gasteiger partial charge in [-0.1, -0.05) is 18.9 Å². The Bertz CT molecular complexity index is 157. The molecule has 0 fully saturated rings. The maximum Gasteiger partial charge on any atom is -0.00221 e. The summed E-state index contributed by atoms with van der Waals surface area (Å²) < 4.78 is 0. The van der Waals surface area contributed by atoms with Crippen molar-refractivity contribution < 1.29 is 0 Å². The Morgan fingerprint density at radius 2 is 2.56 bits per heavy atom. The Morgan fingerprint density at radius 1 is 1.78 bits per heavy atom. The fraction of sp³-hybridized carbons (Fsp3) is 0.556. The van der Waals surface area contributed by atoms with Crippen LogP contribution in [0.4, 0.5) is 0 Å². The van der Waals surface area contributed by atoms with E-state index < -0.39 is 0 Å². The zero-order chi connectivity index (χ0) is 6.69. The van der Waals surface area contributed by atoms with Crippen LogP contribution in [0.15, 0.2) is 11.6 Å². The highest BCUT2D eigenvalue weighted by Crippen LogP contribution is 2.21. The summed E-state index contributed by atoms with van der Waals surface area (Å²) in [5, 5.41) is 0. The minimum Gasteiger partial charge on any atom is -0.115 e. The second kappa shape index (κ2) is 2.73. The molecule has 0 saturated heterocycles. The smallest absolute Gasteiger partial charge is 0.00221 e. The molecule has 0 bridgehead atoms. The van der Waals surface area contributed by atoms with Gasteiger partial charge >= 0.3 is 0 Å². The Morgan fingerprint density at radius 3 is 3.00 bits per heavy atom. The first kappa shape index (κ1) is 6.42. The predicted octanol–water partition coefficient (Wildman–Crippen LogP) is 2.37. The highest BCUT2D eigenvalue weighted by Gasteiger charge is 2.06. The van der Waals surface area contributed by atoms with E-state index in [0.29, 0.717) is 0 Å². The summed E-state index contributed by atoms with van der Waals surface area (Å²) in [4.78, 5) is 0. The van der Waals surface area contributed by atoms with E-state index in [2.05, 4.69) is 18.9 Å². The SMILES string of the molecule is C#CC1=CCC(C)CC1. The standard InChI is InChI=1S/C9H12/c1-3-9-6-4-8(2)5-7-9/h1,6,8H,4-5,7H2,2H3. The van der Waals surface area contributed by atoms with Crippen molar-refractivity contribution in [2.24, 2.45) is 5.92 Å². The summed E-state index contributed by atoms with van der Waals surface area (Å²) in [6.07, 6.45) is 11.0. The molecule has 48 valence electrons. The topological polar surface area (TPSA) is 0 Å². The van der Waals surface area contributed by atoms with Crippen LogP contribution in [0.1, 0.15) is 26.2 Å². The van der Waals surface area contributed by atoms with Gasteiger partial charge in [-0.3, -0.25) is 0 Å². The van der Waals surface area contributed by atoms with Gasteiger partial charge in [0.1, 0.15) is 0 Å². The van der Waals surface area contributed by atoms with Gasteiger partial charge in [-0.05, 0) is 30.8 Å². The average Bonchev–Trinajstić information content (AvgIpc) is 1.90. The molecule has 0 nitrogen and oxygen atoms in total. The molecule has 1 atom stereocenters. The minimum atomic E-state index is 0.849. The number of terminal acetylenes is 1. The van der Waals surface area contributed by atoms with Crippen LogP contribution in [0.5, 0.6) is 0 Å². The third kappa shape index (κ3) is 1.61. The lowest BCUT2D eigenvalue weighted by Gasteiger charge is -2.13. The van der Waals surface area contributed by atoms with Gasteiger partial charge < -0.3 is 0 Å². The average molecular weight is 120 g/mol. The van der Waals surface area contributed by atoms with Gasteiger partial charge in [0, 0.05) is 0 Å². The zero-order valence-electron chi connectivity index (χ0n) is 5.85. The van der Waals surface area contributed by atoms with E-state index in [0.717, 1.165) is 12.3 Å². The van der Waals surface area contributed by atoms with Gasteiger partial charge in [0.05, 0.1) is 0 Å². The maximum absolute atomic E-state index is 5.23. The lowest BCUT2D eigenvalue weighted by atomic mass is 9.92. The van der Waals surface area contributed by atoms with Crippen molar-refractivity contribution in [3.8, 4) is 12.3 Å². The Hall–Kier alpha value is -0.700. The van der Waals surface area contributed by atoms with Crippen molar-refractivity contribution >= 4 is 0 Å². The Labute approximate surface area is 57.0 Å². The fourth-order valence-corrected chi connectivity index (χ4v) is 1.10. The van der Waals surface area contributed by atoms with Crippen molar-refractivity contribution in [1.82, 2.24) is 0 Å². The third-order valence-electron chi connectivity index (χ3n) is 1.86. The quantitative estimate of drug-likeness (QED) is 0.430. The molecule has 0 spiro atoms. The second-order valence-corrected chi connectivity index (χ2v) is 2.75. The molecule has 0 aromatic rings. The second-order valence-electron chi connectivity index (χ2n) is 2.75. The van der Waals surface area contributed by atoms with Crippen LogP contribution < -0.4 is 0 Å². The van der Waals surface area contributed by atoms with E-state index >= 15 is 0 Å². The molecule has 0 radical (unpaired) electrons. The van der Waals surface area contributed by atoms with Crippen LogP contribution in [0.2, 0.25) is 0 Å². The summed E-state index contributed by atoms with van der Waals surface area (Å²) in [6.45, 7) is 2.27. The molecule has 0 aromatic carbocycles. The van der Waals surface area contributed by atoms with Crippen LogP contribution in [0.25, 0.3) is 0 Å².